The first kappa shape index (κ1) is 14.3. The van der Waals surface area contributed by atoms with Crippen molar-refractivity contribution in [3.05, 3.63) is 24.3 Å². The predicted molar refractivity (Wildman–Crippen MR) is 67.8 cm³/mol. The number of aliphatic hydroxyl groups is 1. The van der Waals surface area contributed by atoms with Crippen LogP contribution in [0.4, 0.5) is 0 Å². The van der Waals surface area contributed by atoms with Gasteiger partial charge in [0.1, 0.15) is 11.5 Å². The molecule has 0 heterocycles. The number of hydrogen-bond acceptors (Lipinski definition) is 4. The van der Waals surface area contributed by atoms with Crippen molar-refractivity contribution in [2.45, 2.75) is 12.8 Å². The number of nitrogens with one attached hydrogen (secondary N) is 1. The quantitative estimate of drug-likeness (QED) is 0.677. The van der Waals surface area contributed by atoms with Crippen LogP contribution in [0.2, 0.25) is 0 Å². The lowest BCUT2D eigenvalue weighted by Gasteiger charge is -2.07. The second-order valence-electron chi connectivity index (χ2n) is 3.70. The van der Waals surface area contributed by atoms with Gasteiger partial charge in [-0.3, -0.25) is 4.79 Å². The Morgan fingerprint density at radius 3 is 2.56 bits per heavy atom. The van der Waals surface area contributed by atoms with E-state index >= 15 is 0 Å². The molecule has 0 fully saturated rings. The molecule has 1 aromatic carbocycles. The van der Waals surface area contributed by atoms with Gasteiger partial charge in [0.25, 0.3) is 0 Å². The summed E-state index contributed by atoms with van der Waals surface area (Å²) in [4.78, 5) is 11.2. The maximum absolute atomic E-state index is 11.2. The molecular weight excluding hydrogens is 234 g/mol. The fraction of sp³-hybridized carbons (Fsp3) is 0.462. The van der Waals surface area contributed by atoms with Crippen LogP contribution in [-0.2, 0) is 4.79 Å². The summed E-state index contributed by atoms with van der Waals surface area (Å²) in [6, 6.07) is 7.29. The first-order valence-corrected chi connectivity index (χ1v) is 5.90. The lowest BCUT2D eigenvalue weighted by Crippen LogP contribution is -2.26. The van der Waals surface area contributed by atoms with Gasteiger partial charge in [-0.15, -0.1) is 0 Å². The number of hydrogen-bond donors (Lipinski definition) is 2. The second kappa shape index (κ2) is 8.36. The fourth-order valence-electron chi connectivity index (χ4n) is 1.38. The third-order valence-electron chi connectivity index (χ3n) is 2.31. The molecule has 0 unspecified atom stereocenters. The average molecular weight is 253 g/mol. The number of carbonyl (C=O) groups excluding carboxylic acids is 1. The molecule has 0 radical (unpaired) electrons. The highest BCUT2D eigenvalue weighted by molar-refractivity contribution is 5.75. The normalized spacial score (nSPS) is 9.89. The third-order valence-corrected chi connectivity index (χ3v) is 2.31. The van der Waals surface area contributed by atoms with E-state index in [-0.39, 0.29) is 12.5 Å². The van der Waals surface area contributed by atoms with E-state index in [4.69, 9.17) is 14.6 Å². The van der Waals surface area contributed by atoms with Gasteiger partial charge in [0.15, 0.2) is 0 Å². The van der Waals surface area contributed by atoms with E-state index in [1.165, 1.54) is 0 Å². The zero-order valence-corrected chi connectivity index (χ0v) is 10.5. The fourth-order valence-corrected chi connectivity index (χ4v) is 1.38. The van der Waals surface area contributed by atoms with E-state index in [0.29, 0.717) is 26.0 Å². The van der Waals surface area contributed by atoms with E-state index in [1.54, 1.807) is 7.11 Å². The zero-order valence-electron chi connectivity index (χ0n) is 10.5. The molecule has 100 valence electrons. The molecule has 0 spiro atoms. The van der Waals surface area contributed by atoms with Crippen molar-refractivity contribution >= 4 is 5.91 Å². The van der Waals surface area contributed by atoms with E-state index in [1.807, 2.05) is 24.3 Å². The molecule has 5 heteroatoms. The minimum atomic E-state index is -0.0672. The van der Waals surface area contributed by atoms with E-state index in [9.17, 15) is 4.79 Å². The van der Waals surface area contributed by atoms with Crippen LogP contribution in [0.5, 0.6) is 11.5 Å². The van der Waals surface area contributed by atoms with Gasteiger partial charge in [-0.2, -0.15) is 0 Å². The van der Waals surface area contributed by atoms with Gasteiger partial charge in [-0.1, -0.05) is 0 Å². The van der Waals surface area contributed by atoms with Crippen LogP contribution in [0.1, 0.15) is 12.8 Å². The minimum Gasteiger partial charge on any atom is -0.497 e. The smallest absolute Gasteiger partial charge is 0.220 e. The predicted octanol–water partition coefficient (Wildman–Crippen LogP) is 0.963. The Morgan fingerprint density at radius 2 is 1.94 bits per heavy atom. The summed E-state index contributed by atoms with van der Waals surface area (Å²) in [6.07, 6.45) is 1.04. The van der Waals surface area contributed by atoms with Crippen molar-refractivity contribution in [3.8, 4) is 11.5 Å². The monoisotopic (exact) mass is 253 g/mol. The molecule has 2 N–H and O–H groups in total. The Kier molecular flexibility index (Phi) is 6.64. The maximum atomic E-state index is 11.2. The van der Waals surface area contributed by atoms with Crippen LogP contribution in [0.25, 0.3) is 0 Å². The summed E-state index contributed by atoms with van der Waals surface area (Å²) < 4.78 is 10.5. The highest BCUT2D eigenvalue weighted by Gasteiger charge is 2.00. The van der Waals surface area contributed by atoms with Crippen molar-refractivity contribution in [1.29, 1.82) is 0 Å². The number of carbonyl (C=O) groups is 1. The molecule has 0 aliphatic heterocycles. The third kappa shape index (κ3) is 5.54. The van der Waals surface area contributed by atoms with Crippen LogP contribution in [0, 0.1) is 0 Å². The van der Waals surface area contributed by atoms with Gasteiger partial charge in [-0.25, -0.2) is 0 Å². The summed E-state index contributed by atoms with van der Waals surface area (Å²) in [5, 5.41) is 11.1. The van der Waals surface area contributed by atoms with Crippen molar-refractivity contribution in [3.63, 3.8) is 0 Å². The summed E-state index contributed by atoms with van der Waals surface area (Å²) in [7, 11) is 1.61. The van der Waals surface area contributed by atoms with Crippen LogP contribution in [0.3, 0.4) is 0 Å². The number of benzene rings is 1. The lowest BCUT2D eigenvalue weighted by molar-refractivity contribution is -0.121. The molecule has 1 amide bonds. The van der Waals surface area contributed by atoms with E-state index in [2.05, 4.69) is 5.32 Å². The molecule has 18 heavy (non-hydrogen) atoms. The molecule has 0 aliphatic rings. The summed E-state index contributed by atoms with van der Waals surface area (Å²) in [6.45, 7) is 0.755. The van der Waals surface area contributed by atoms with Crippen molar-refractivity contribution < 1.29 is 19.4 Å². The van der Waals surface area contributed by atoms with Crippen LogP contribution in [-0.4, -0.2) is 37.9 Å². The van der Waals surface area contributed by atoms with E-state index in [0.717, 1.165) is 11.5 Å². The average Bonchev–Trinajstić information content (AvgIpc) is 2.42. The number of ether oxygens (including phenoxy) is 2. The summed E-state index contributed by atoms with van der Waals surface area (Å²) in [5.74, 6) is 1.47. The van der Waals surface area contributed by atoms with Gasteiger partial charge in [0, 0.05) is 13.0 Å². The Balaban J connectivity index is 2.15. The van der Waals surface area contributed by atoms with Crippen molar-refractivity contribution in [1.82, 2.24) is 5.32 Å². The number of amides is 1. The Hall–Kier alpha value is -1.75. The molecule has 5 nitrogen and oxygen atoms in total. The van der Waals surface area contributed by atoms with Crippen molar-refractivity contribution in [2.75, 3.05) is 26.9 Å². The first-order valence-electron chi connectivity index (χ1n) is 5.90. The summed E-state index contributed by atoms with van der Waals surface area (Å²) in [5.41, 5.74) is 0. The first-order chi connectivity index (χ1) is 8.76. The topological polar surface area (TPSA) is 67.8 Å². The van der Waals surface area contributed by atoms with Gasteiger partial charge in [0.2, 0.25) is 5.91 Å². The van der Waals surface area contributed by atoms with Crippen LogP contribution < -0.4 is 14.8 Å². The lowest BCUT2D eigenvalue weighted by atomic mass is 10.3. The van der Waals surface area contributed by atoms with Crippen LogP contribution in [0.15, 0.2) is 24.3 Å². The van der Waals surface area contributed by atoms with Crippen molar-refractivity contribution in [2.24, 2.45) is 0 Å². The van der Waals surface area contributed by atoms with Crippen LogP contribution >= 0.6 is 0 Å². The van der Waals surface area contributed by atoms with Gasteiger partial charge < -0.3 is 19.9 Å². The Bertz CT molecular complexity index is 351. The molecule has 1 aromatic rings. The van der Waals surface area contributed by atoms with Gasteiger partial charge in [-0.05, 0) is 30.7 Å². The van der Waals surface area contributed by atoms with Gasteiger partial charge in [0.05, 0.1) is 20.3 Å². The molecule has 0 atom stereocenters. The molecule has 0 aromatic heterocycles. The molecule has 0 aliphatic carbocycles. The maximum Gasteiger partial charge on any atom is 0.220 e. The highest BCUT2D eigenvalue weighted by Crippen LogP contribution is 2.17. The molecule has 0 saturated carbocycles. The molecule has 0 bridgehead atoms. The SMILES string of the molecule is COc1ccc(OCCCC(=O)NCCO)cc1. The largest absolute Gasteiger partial charge is 0.497 e. The second-order valence-corrected chi connectivity index (χ2v) is 3.70. The molecule has 1 rings (SSSR count). The number of rotatable bonds is 8. The zero-order chi connectivity index (χ0) is 13.2. The molecule has 0 saturated heterocycles. The Labute approximate surface area is 107 Å². The number of methoxy groups -OCH3 is 1. The van der Waals surface area contributed by atoms with Gasteiger partial charge >= 0.3 is 0 Å². The summed E-state index contributed by atoms with van der Waals surface area (Å²) >= 11 is 0. The van der Waals surface area contributed by atoms with E-state index < -0.39 is 0 Å². The Morgan fingerprint density at radius 1 is 1.28 bits per heavy atom. The minimum absolute atomic E-state index is 0.0336. The highest BCUT2D eigenvalue weighted by atomic mass is 16.5. The standard InChI is InChI=1S/C13H19NO4/c1-17-11-4-6-12(7-5-11)18-10-2-3-13(16)14-8-9-15/h4-7,15H,2-3,8-10H2,1H3,(H,14,16). The molecular formula is C13H19NO4. The number of aliphatic hydroxyl groups excluding tert-OH is 1.